The fourth-order valence-corrected chi connectivity index (χ4v) is 3.61. The number of nitrogens with zero attached hydrogens (tertiary/aromatic N) is 1. The minimum Gasteiger partial charge on any atom is -0.465 e. The number of esters is 1. The molecule has 27 heavy (non-hydrogen) atoms. The van der Waals surface area contributed by atoms with Gasteiger partial charge in [0.25, 0.3) is 0 Å². The van der Waals surface area contributed by atoms with Crippen LogP contribution in [0.15, 0.2) is 60.8 Å². The van der Waals surface area contributed by atoms with E-state index in [2.05, 4.69) is 18.0 Å². The number of H-pyrrole nitrogens is 1. The van der Waals surface area contributed by atoms with Gasteiger partial charge in [0.05, 0.1) is 24.9 Å². The van der Waals surface area contributed by atoms with Crippen molar-refractivity contribution in [2.24, 2.45) is 5.92 Å². The number of hydrogen-bond acceptors (Lipinski definition) is 4. The van der Waals surface area contributed by atoms with Crippen molar-refractivity contribution >= 4 is 22.6 Å². The Hall–Kier alpha value is -2.79. The maximum Gasteiger partial charge on any atom is 0.313 e. The highest BCUT2D eigenvalue weighted by Gasteiger charge is 2.43. The molecule has 0 unspecified atom stereocenters. The number of para-hydroxylation sites is 2. The molecule has 2 aromatic carbocycles. The number of rotatable bonds is 6. The Kier molecular flexibility index (Phi) is 5.12. The summed E-state index contributed by atoms with van der Waals surface area (Å²) >= 11 is 0. The molecule has 0 radical (unpaired) electrons. The van der Waals surface area contributed by atoms with Crippen molar-refractivity contribution in [2.75, 3.05) is 18.3 Å². The van der Waals surface area contributed by atoms with Crippen molar-refractivity contribution < 1.29 is 14.4 Å². The first-order valence-electron chi connectivity index (χ1n) is 9.49. The smallest absolute Gasteiger partial charge is 0.313 e. The first kappa shape index (κ1) is 17.6. The van der Waals surface area contributed by atoms with Gasteiger partial charge < -0.3 is 9.72 Å². The van der Waals surface area contributed by atoms with Crippen molar-refractivity contribution in [1.29, 1.82) is 0 Å². The largest absolute Gasteiger partial charge is 0.465 e. The maximum atomic E-state index is 12.8. The second kappa shape index (κ2) is 7.84. The number of hydrogen-bond donors (Lipinski definition) is 1. The molecule has 1 aromatic heterocycles. The van der Waals surface area contributed by atoms with Crippen LogP contribution in [0.1, 0.15) is 31.4 Å². The first-order valence-corrected chi connectivity index (χ1v) is 9.49. The SMILES string of the molecule is CCCCOC(=O)[C@H]1CON(c2ccccc2)[C@H]1c1c[nH]c2ccccc12. The molecular weight excluding hydrogens is 340 g/mol. The number of benzene rings is 2. The number of nitrogens with one attached hydrogen (secondary N) is 1. The van der Waals surface area contributed by atoms with Gasteiger partial charge in [-0.25, -0.2) is 5.06 Å². The van der Waals surface area contributed by atoms with Gasteiger partial charge >= 0.3 is 5.97 Å². The van der Waals surface area contributed by atoms with Crippen molar-refractivity contribution in [1.82, 2.24) is 4.98 Å². The van der Waals surface area contributed by atoms with E-state index in [0.717, 1.165) is 35.0 Å². The summed E-state index contributed by atoms with van der Waals surface area (Å²) in [7, 11) is 0. The fourth-order valence-electron chi connectivity index (χ4n) is 3.61. The summed E-state index contributed by atoms with van der Waals surface area (Å²) in [5.41, 5.74) is 3.02. The lowest BCUT2D eigenvalue weighted by Gasteiger charge is -2.26. The van der Waals surface area contributed by atoms with Gasteiger partial charge in [0, 0.05) is 22.7 Å². The predicted octanol–water partition coefficient (Wildman–Crippen LogP) is 4.62. The Morgan fingerprint density at radius 2 is 1.96 bits per heavy atom. The molecule has 4 rings (SSSR count). The summed E-state index contributed by atoms with van der Waals surface area (Å²) in [4.78, 5) is 22.1. The van der Waals surface area contributed by atoms with Crippen LogP contribution in [0, 0.1) is 5.92 Å². The van der Waals surface area contributed by atoms with Crippen LogP contribution >= 0.6 is 0 Å². The van der Waals surface area contributed by atoms with E-state index >= 15 is 0 Å². The van der Waals surface area contributed by atoms with E-state index in [4.69, 9.17) is 9.57 Å². The lowest BCUT2D eigenvalue weighted by Crippen LogP contribution is -2.29. The van der Waals surface area contributed by atoms with Gasteiger partial charge in [-0.15, -0.1) is 0 Å². The van der Waals surface area contributed by atoms with E-state index in [9.17, 15) is 4.79 Å². The van der Waals surface area contributed by atoms with E-state index in [0.29, 0.717) is 13.2 Å². The second-order valence-electron chi connectivity index (χ2n) is 6.82. The molecule has 3 aromatic rings. The highest BCUT2D eigenvalue weighted by molar-refractivity contribution is 5.86. The van der Waals surface area contributed by atoms with Crippen LogP contribution in [0.25, 0.3) is 10.9 Å². The highest BCUT2D eigenvalue weighted by atomic mass is 16.7. The zero-order valence-electron chi connectivity index (χ0n) is 15.4. The number of aromatic amines is 1. The molecule has 1 aliphatic heterocycles. The van der Waals surface area contributed by atoms with Crippen molar-refractivity contribution in [2.45, 2.75) is 25.8 Å². The quantitative estimate of drug-likeness (QED) is 0.512. The summed E-state index contributed by atoms with van der Waals surface area (Å²) in [6, 6.07) is 17.8. The molecule has 0 aliphatic carbocycles. The van der Waals surface area contributed by atoms with Crippen molar-refractivity contribution in [3.8, 4) is 0 Å². The number of aromatic nitrogens is 1. The van der Waals surface area contributed by atoms with Crippen LogP contribution in [-0.4, -0.2) is 24.2 Å². The van der Waals surface area contributed by atoms with Crippen LogP contribution in [0.3, 0.4) is 0 Å². The van der Waals surface area contributed by atoms with Crippen LogP contribution in [0.4, 0.5) is 5.69 Å². The fraction of sp³-hybridized carbons (Fsp3) is 0.318. The number of hydroxylamine groups is 1. The normalized spacial score (nSPS) is 19.5. The molecule has 5 heteroatoms. The molecule has 0 saturated carbocycles. The summed E-state index contributed by atoms with van der Waals surface area (Å²) < 4.78 is 5.54. The van der Waals surface area contributed by atoms with Crippen LogP contribution in [0.5, 0.6) is 0 Å². The third-order valence-corrected chi connectivity index (χ3v) is 5.02. The molecule has 2 atom stereocenters. The Morgan fingerprint density at radius 1 is 1.19 bits per heavy atom. The minimum absolute atomic E-state index is 0.197. The second-order valence-corrected chi connectivity index (χ2v) is 6.82. The Labute approximate surface area is 158 Å². The van der Waals surface area contributed by atoms with E-state index < -0.39 is 0 Å². The number of anilines is 1. The molecule has 0 spiro atoms. The van der Waals surface area contributed by atoms with Gasteiger partial charge in [-0.2, -0.15) is 0 Å². The van der Waals surface area contributed by atoms with Gasteiger partial charge in [-0.1, -0.05) is 49.7 Å². The lowest BCUT2D eigenvalue weighted by atomic mass is 9.93. The molecule has 0 bridgehead atoms. The van der Waals surface area contributed by atoms with Gasteiger partial charge in [0.2, 0.25) is 0 Å². The van der Waals surface area contributed by atoms with E-state index in [-0.39, 0.29) is 17.9 Å². The van der Waals surface area contributed by atoms with Gasteiger partial charge in [0.1, 0.15) is 5.92 Å². The maximum absolute atomic E-state index is 12.8. The van der Waals surface area contributed by atoms with Gasteiger partial charge in [0.15, 0.2) is 0 Å². The molecule has 1 N–H and O–H groups in total. The van der Waals surface area contributed by atoms with E-state index in [1.54, 1.807) is 0 Å². The van der Waals surface area contributed by atoms with Crippen molar-refractivity contribution in [3.63, 3.8) is 0 Å². The topological polar surface area (TPSA) is 54.6 Å². The molecule has 1 aliphatic rings. The summed E-state index contributed by atoms with van der Waals surface area (Å²) in [6.45, 7) is 2.85. The van der Waals surface area contributed by atoms with Crippen LogP contribution in [-0.2, 0) is 14.4 Å². The zero-order valence-corrected chi connectivity index (χ0v) is 15.4. The number of fused-ring (bicyclic) bond motifs is 1. The summed E-state index contributed by atoms with van der Waals surface area (Å²) in [5, 5.41) is 2.95. The minimum atomic E-state index is -0.374. The Bertz CT molecular complexity index is 906. The summed E-state index contributed by atoms with van der Waals surface area (Å²) in [6.07, 6.45) is 3.85. The van der Waals surface area contributed by atoms with Gasteiger partial charge in [-0.05, 0) is 24.6 Å². The zero-order chi connectivity index (χ0) is 18.6. The molecule has 2 heterocycles. The van der Waals surface area contributed by atoms with Crippen LogP contribution in [0.2, 0.25) is 0 Å². The number of carbonyl (C=O) groups is 1. The Morgan fingerprint density at radius 3 is 2.78 bits per heavy atom. The predicted molar refractivity (Wildman–Crippen MR) is 105 cm³/mol. The molecular formula is C22H24N2O3. The number of carbonyl (C=O) groups excluding carboxylic acids is 1. The third-order valence-electron chi connectivity index (χ3n) is 5.02. The average Bonchev–Trinajstić information content (AvgIpc) is 3.32. The monoisotopic (exact) mass is 364 g/mol. The third kappa shape index (κ3) is 3.43. The average molecular weight is 364 g/mol. The summed E-state index contributed by atoms with van der Waals surface area (Å²) in [5.74, 6) is -0.571. The molecule has 1 fully saturated rings. The standard InChI is InChI=1S/C22H24N2O3/c1-2-3-13-26-22(25)19-15-27-24(16-9-5-4-6-10-16)21(19)18-14-23-20-12-8-7-11-17(18)20/h4-12,14,19,21,23H,2-3,13,15H2,1H3/t19-,21-/m0/s1. The highest BCUT2D eigenvalue weighted by Crippen LogP contribution is 2.41. The lowest BCUT2D eigenvalue weighted by molar-refractivity contribution is -0.149. The van der Waals surface area contributed by atoms with Gasteiger partial charge in [-0.3, -0.25) is 9.63 Å². The first-order chi connectivity index (χ1) is 13.3. The van der Waals surface area contributed by atoms with Crippen molar-refractivity contribution in [3.05, 3.63) is 66.4 Å². The molecule has 5 nitrogen and oxygen atoms in total. The molecule has 140 valence electrons. The number of ether oxygens (including phenoxy) is 1. The van der Waals surface area contributed by atoms with Crippen LogP contribution < -0.4 is 5.06 Å². The molecule has 1 saturated heterocycles. The van der Waals surface area contributed by atoms with E-state index in [1.165, 1.54) is 0 Å². The molecule has 0 amide bonds. The van der Waals surface area contributed by atoms with E-state index in [1.807, 2.05) is 59.8 Å². The Balaban J connectivity index is 1.71. The number of unbranched alkanes of at least 4 members (excludes halogenated alkanes) is 1.